The monoisotopic (exact) mass is 642 g/mol. The van der Waals surface area contributed by atoms with Gasteiger partial charge >= 0.3 is 5.97 Å². The lowest BCUT2D eigenvalue weighted by Crippen LogP contribution is -2.44. The summed E-state index contributed by atoms with van der Waals surface area (Å²) in [6, 6.07) is 15.1. The first-order chi connectivity index (χ1) is 22.6. The Morgan fingerprint density at radius 3 is 2.36 bits per heavy atom. The Morgan fingerprint density at radius 2 is 1.72 bits per heavy atom. The molecule has 0 atom stereocenters. The molecule has 0 bridgehead atoms. The van der Waals surface area contributed by atoms with E-state index in [4.69, 9.17) is 9.47 Å². The van der Waals surface area contributed by atoms with Crippen LogP contribution >= 0.6 is 0 Å². The van der Waals surface area contributed by atoms with Crippen molar-refractivity contribution in [1.29, 1.82) is 0 Å². The number of hydrogen-bond acceptors (Lipinski definition) is 6. The normalized spacial score (nSPS) is 21.2. The Hall–Kier alpha value is -4.14. The van der Waals surface area contributed by atoms with Crippen LogP contribution in [0.15, 0.2) is 54.9 Å². The standard InChI is InChI=1S/C38H50N4O5/c1-25(2)42-23-33(21-39-42)31-7-6-8-35(20-31)41(38(45)30-13-16-34(17-14-30)40-37(44)24-47-27(4)43)22-28-9-11-29(12-10-28)32-15-18-36(46-5)26(3)19-32/h6-8,15,18-21,23,25,28-30,34H,9-14,16-17,22,24H2,1-5H3,(H,40,44). The predicted octanol–water partition coefficient (Wildman–Crippen LogP) is 6.99. The van der Waals surface area contributed by atoms with Crippen molar-refractivity contribution in [1.82, 2.24) is 15.1 Å². The summed E-state index contributed by atoms with van der Waals surface area (Å²) in [5.41, 5.74) is 5.55. The van der Waals surface area contributed by atoms with E-state index in [9.17, 15) is 14.4 Å². The topological polar surface area (TPSA) is 103 Å². The molecule has 5 rings (SSSR count). The number of nitrogens with one attached hydrogen (secondary N) is 1. The number of anilines is 1. The van der Waals surface area contributed by atoms with Crippen LogP contribution in [0.5, 0.6) is 5.75 Å². The van der Waals surface area contributed by atoms with Crippen molar-refractivity contribution in [3.8, 4) is 16.9 Å². The van der Waals surface area contributed by atoms with Gasteiger partial charge in [0.15, 0.2) is 6.61 Å². The maximum absolute atomic E-state index is 14.4. The van der Waals surface area contributed by atoms with Gasteiger partial charge in [0.05, 0.1) is 13.3 Å². The molecule has 9 heteroatoms. The zero-order valence-electron chi connectivity index (χ0n) is 28.5. The minimum absolute atomic E-state index is 0.0201. The number of carbonyl (C=O) groups is 3. The summed E-state index contributed by atoms with van der Waals surface area (Å²) in [4.78, 5) is 39.7. The first-order valence-electron chi connectivity index (χ1n) is 17.1. The minimum Gasteiger partial charge on any atom is -0.496 e. The van der Waals surface area contributed by atoms with E-state index in [1.807, 2.05) is 21.8 Å². The maximum Gasteiger partial charge on any atom is 0.303 e. The Morgan fingerprint density at radius 1 is 0.979 bits per heavy atom. The molecular formula is C38H50N4O5. The van der Waals surface area contributed by atoms with Gasteiger partial charge in [0.1, 0.15) is 5.75 Å². The van der Waals surface area contributed by atoms with E-state index in [1.165, 1.54) is 18.1 Å². The summed E-state index contributed by atoms with van der Waals surface area (Å²) < 4.78 is 12.3. The molecule has 1 heterocycles. The third-order valence-corrected chi connectivity index (χ3v) is 9.91. The fourth-order valence-corrected chi connectivity index (χ4v) is 7.18. The van der Waals surface area contributed by atoms with E-state index >= 15 is 0 Å². The molecule has 9 nitrogen and oxygen atoms in total. The molecule has 2 aliphatic carbocycles. The van der Waals surface area contributed by atoms with E-state index < -0.39 is 5.97 Å². The number of methoxy groups -OCH3 is 1. The molecule has 47 heavy (non-hydrogen) atoms. The molecular weight excluding hydrogens is 592 g/mol. The zero-order chi connectivity index (χ0) is 33.5. The fourth-order valence-electron chi connectivity index (χ4n) is 7.18. The van der Waals surface area contributed by atoms with Crippen LogP contribution in [-0.2, 0) is 19.1 Å². The van der Waals surface area contributed by atoms with E-state index in [0.717, 1.165) is 61.1 Å². The summed E-state index contributed by atoms with van der Waals surface area (Å²) in [7, 11) is 1.71. The average molecular weight is 643 g/mol. The molecule has 2 fully saturated rings. The Labute approximate surface area is 279 Å². The number of amides is 2. The van der Waals surface area contributed by atoms with E-state index in [1.54, 1.807) is 7.11 Å². The predicted molar refractivity (Wildman–Crippen MR) is 183 cm³/mol. The number of carbonyl (C=O) groups excluding carboxylic acids is 3. The quantitative estimate of drug-likeness (QED) is 0.226. The molecule has 0 spiro atoms. The fraction of sp³-hybridized carbons (Fsp3) is 0.526. The van der Waals surface area contributed by atoms with Gasteiger partial charge in [-0.2, -0.15) is 5.10 Å². The van der Waals surface area contributed by atoms with Gasteiger partial charge in [-0.25, -0.2) is 0 Å². The lowest BCUT2D eigenvalue weighted by atomic mass is 9.78. The van der Waals surface area contributed by atoms with Crippen LogP contribution in [-0.4, -0.2) is 53.9 Å². The van der Waals surface area contributed by atoms with Gasteiger partial charge in [0, 0.05) is 48.9 Å². The molecule has 2 aliphatic rings. The van der Waals surface area contributed by atoms with Gasteiger partial charge in [-0.3, -0.25) is 19.1 Å². The number of benzene rings is 2. The van der Waals surface area contributed by atoms with Crippen molar-refractivity contribution in [2.75, 3.05) is 25.2 Å². The summed E-state index contributed by atoms with van der Waals surface area (Å²) in [6.07, 6.45) is 11.2. The second kappa shape index (κ2) is 15.6. The van der Waals surface area contributed by atoms with Crippen molar-refractivity contribution in [3.63, 3.8) is 0 Å². The lowest BCUT2D eigenvalue weighted by Gasteiger charge is -2.36. The van der Waals surface area contributed by atoms with E-state index in [0.29, 0.717) is 31.2 Å². The van der Waals surface area contributed by atoms with Crippen LogP contribution < -0.4 is 15.0 Å². The highest BCUT2D eigenvalue weighted by molar-refractivity contribution is 5.95. The number of hydrogen-bond donors (Lipinski definition) is 1. The molecule has 1 aromatic heterocycles. The molecule has 2 amide bonds. The molecule has 0 aliphatic heterocycles. The SMILES string of the molecule is COc1ccc(C2CCC(CN(C(=O)C3CCC(NC(=O)COC(C)=O)CC3)c3cccc(-c4cnn(C(C)C)c4)c3)CC2)cc1C. The summed E-state index contributed by atoms with van der Waals surface area (Å²) in [5.74, 6) is 1.14. The van der Waals surface area contributed by atoms with Crippen LogP contribution in [0.4, 0.5) is 5.69 Å². The first-order valence-corrected chi connectivity index (χ1v) is 17.1. The molecule has 0 saturated heterocycles. The molecule has 2 aromatic carbocycles. The van der Waals surface area contributed by atoms with Crippen LogP contribution in [0.25, 0.3) is 11.1 Å². The van der Waals surface area contributed by atoms with Gasteiger partial charge in [-0.05, 0) is 119 Å². The highest BCUT2D eigenvalue weighted by Crippen LogP contribution is 2.39. The first kappa shape index (κ1) is 34.2. The Kier molecular flexibility index (Phi) is 11.4. The Bertz CT molecular complexity index is 1530. The molecule has 1 N–H and O–H groups in total. The average Bonchev–Trinajstić information content (AvgIpc) is 3.58. The summed E-state index contributed by atoms with van der Waals surface area (Å²) >= 11 is 0. The molecule has 0 unspecified atom stereocenters. The van der Waals surface area contributed by atoms with Gasteiger partial charge in [-0.1, -0.05) is 24.3 Å². The van der Waals surface area contributed by atoms with Crippen molar-refractivity contribution in [2.45, 2.75) is 97.1 Å². The number of esters is 1. The van der Waals surface area contributed by atoms with Crippen molar-refractivity contribution >= 4 is 23.5 Å². The van der Waals surface area contributed by atoms with Crippen molar-refractivity contribution < 1.29 is 23.9 Å². The summed E-state index contributed by atoms with van der Waals surface area (Å²) in [5, 5.41) is 7.51. The third-order valence-electron chi connectivity index (χ3n) is 9.91. The molecule has 3 aromatic rings. The minimum atomic E-state index is -0.475. The van der Waals surface area contributed by atoms with Crippen LogP contribution in [0.3, 0.4) is 0 Å². The van der Waals surface area contributed by atoms with Gasteiger partial charge < -0.3 is 19.7 Å². The van der Waals surface area contributed by atoms with E-state index in [2.05, 4.69) is 73.8 Å². The van der Waals surface area contributed by atoms with Crippen molar-refractivity contribution in [3.05, 3.63) is 66.0 Å². The zero-order valence-corrected chi connectivity index (χ0v) is 28.5. The number of nitrogens with zero attached hydrogens (tertiary/aromatic N) is 3. The highest BCUT2D eigenvalue weighted by Gasteiger charge is 2.33. The van der Waals surface area contributed by atoms with Crippen molar-refractivity contribution in [2.24, 2.45) is 11.8 Å². The number of rotatable bonds is 11. The smallest absolute Gasteiger partial charge is 0.303 e. The number of aromatic nitrogens is 2. The number of aryl methyl sites for hydroxylation is 1. The third kappa shape index (κ3) is 8.82. The number of ether oxygens (including phenoxy) is 2. The second-order valence-electron chi connectivity index (χ2n) is 13.6. The largest absolute Gasteiger partial charge is 0.496 e. The molecule has 252 valence electrons. The Balaban J connectivity index is 1.29. The highest BCUT2D eigenvalue weighted by atomic mass is 16.5. The van der Waals surface area contributed by atoms with Gasteiger partial charge in [0.2, 0.25) is 5.91 Å². The maximum atomic E-state index is 14.4. The summed E-state index contributed by atoms with van der Waals surface area (Å²) in [6.45, 7) is 8.04. The molecule has 2 saturated carbocycles. The lowest BCUT2D eigenvalue weighted by molar-refractivity contribution is -0.146. The van der Waals surface area contributed by atoms with Gasteiger partial charge in [-0.15, -0.1) is 0 Å². The van der Waals surface area contributed by atoms with Crippen LogP contribution in [0.2, 0.25) is 0 Å². The van der Waals surface area contributed by atoms with Crippen LogP contribution in [0, 0.1) is 18.8 Å². The van der Waals surface area contributed by atoms with Gasteiger partial charge in [0.25, 0.3) is 5.91 Å². The van der Waals surface area contributed by atoms with Crippen LogP contribution in [0.1, 0.15) is 95.2 Å². The molecule has 0 radical (unpaired) electrons. The van der Waals surface area contributed by atoms with E-state index in [-0.39, 0.29) is 36.4 Å². The second-order valence-corrected chi connectivity index (χ2v) is 13.6.